The van der Waals surface area contributed by atoms with E-state index in [9.17, 15) is 19.2 Å². The third kappa shape index (κ3) is 9.02. The number of aryl methyl sites for hydroxylation is 1. The first-order chi connectivity index (χ1) is 21.2. The molecule has 3 saturated carbocycles. The molecule has 4 N–H and O–H groups in total. The fourth-order valence-corrected chi connectivity index (χ4v) is 7.60. The van der Waals surface area contributed by atoms with E-state index < -0.39 is 0 Å². The Morgan fingerprint density at radius 2 is 1.05 bits per heavy atom. The molecule has 4 aliphatic rings. The molecule has 242 valence electrons. The van der Waals surface area contributed by atoms with Crippen LogP contribution in [0.3, 0.4) is 0 Å². The zero-order valence-corrected chi connectivity index (χ0v) is 26.7. The first-order valence-corrected chi connectivity index (χ1v) is 17.1. The van der Waals surface area contributed by atoms with Gasteiger partial charge in [-0.05, 0) is 104 Å². The van der Waals surface area contributed by atoms with Gasteiger partial charge in [0.1, 0.15) is 7.05 Å². The molecular weight excluding hydrogens is 556 g/mol. The number of rotatable bonds is 8. The van der Waals surface area contributed by atoms with Gasteiger partial charge in [-0.1, -0.05) is 6.42 Å². The van der Waals surface area contributed by atoms with Gasteiger partial charge >= 0.3 is 0 Å². The molecule has 0 spiro atoms. The molecule has 1 aliphatic heterocycles. The lowest BCUT2D eigenvalue weighted by Crippen LogP contribution is -2.48. The lowest BCUT2D eigenvalue weighted by molar-refractivity contribution is -0.671. The second-order valence-corrected chi connectivity index (χ2v) is 14.0. The van der Waals surface area contributed by atoms with Crippen LogP contribution in [0.15, 0.2) is 24.5 Å². The molecule has 2 atom stereocenters. The number of carbonyl (C=O) groups is 4. The van der Waals surface area contributed by atoms with E-state index >= 15 is 0 Å². The number of carbonyl (C=O) groups excluding carboxylic acids is 4. The summed E-state index contributed by atoms with van der Waals surface area (Å²) >= 11 is 0. The number of nitrogens with zero attached hydrogens (tertiary/aromatic N) is 2. The minimum absolute atomic E-state index is 0.0384. The molecule has 4 amide bonds. The van der Waals surface area contributed by atoms with Crippen molar-refractivity contribution in [1.82, 2.24) is 20.9 Å². The highest BCUT2D eigenvalue weighted by molar-refractivity contribution is 5.92. The molecule has 44 heavy (non-hydrogen) atoms. The minimum atomic E-state index is -0.140. The molecular formula is C34H53N6O4+. The Kier molecular flexibility index (Phi) is 11.3. The highest BCUT2D eigenvalue weighted by Gasteiger charge is 2.35. The van der Waals surface area contributed by atoms with Crippen molar-refractivity contribution in [1.29, 1.82) is 0 Å². The first kappa shape index (κ1) is 32.4. The van der Waals surface area contributed by atoms with E-state index in [0.717, 1.165) is 102 Å². The third-order valence-electron chi connectivity index (χ3n) is 10.6. The second-order valence-electron chi connectivity index (χ2n) is 14.0. The normalized spacial score (nSPS) is 30.1. The number of pyridine rings is 1. The fourth-order valence-electron chi connectivity index (χ4n) is 7.60. The van der Waals surface area contributed by atoms with E-state index in [1.807, 2.05) is 36.1 Å². The highest BCUT2D eigenvalue weighted by atomic mass is 16.2. The summed E-state index contributed by atoms with van der Waals surface area (Å²) in [6.07, 6.45) is 15.4. The molecule has 5 rings (SSSR count). The lowest BCUT2D eigenvalue weighted by atomic mass is 9.79. The molecule has 1 aromatic heterocycles. The average molecular weight is 610 g/mol. The Morgan fingerprint density at radius 3 is 1.55 bits per heavy atom. The Labute approximate surface area is 262 Å². The lowest BCUT2D eigenvalue weighted by Gasteiger charge is -2.34. The topological polar surface area (TPSA) is 124 Å². The standard InChI is InChI=1S/C34H52N6O4/c1-39-18-14-29(15-19-39)37-31(41)23-6-10-27(11-7-23)35-33(43)25-4-3-5-26(22-25)34(44)36-28-12-8-24(9-13-28)32(42)38-30-16-20-40(2)21-17-30/h14-15,18-19,23-28,30H,3-13,16-17,20-22H2,1-2H3,(H3,35,36,38,42,43,44)/p+1. The molecule has 1 aromatic rings. The van der Waals surface area contributed by atoms with Crippen LogP contribution in [-0.4, -0.2) is 66.8 Å². The number of hydrogen-bond donors (Lipinski definition) is 4. The predicted octanol–water partition coefficient (Wildman–Crippen LogP) is 2.82. The zero-order chi connectivity index (χ0) is 31.1. The molecule has 2 heterocycles. The molecule has 0 aromatic carbocycles. The molecule has 0 radical (unpaired) electrons. The number of hydrogen-bond acceptors (Lipinski definition) is 5. The predicted molar refractivity (Wildman–Crippen MR) is 168 cm³/mol. The van der Waals surface area contributed by atoms with Gasteiger partial charge in [0.2, 0.25) is 23.6 Å². The molecule has 3 aliphatic carbocycles. The van der Waals surface area contributed by atoms with Gasteiger partial charge in [-0.15, -0.1) is 0 Å². The maximum atomic E-state index is 13.2. The van der Waals surface area contributed by atoms with Crippen molar-refractivity contribution >= 4 is 29.3 Å². The summed E-state index contributed by atoms with van der Waals surface area (Å²) in [6.45, 7) is 2.06. The summed E-state index contributed by atoms with van der Waals surface area (Å²) in [4.78, 5) is 54.3. The maximum absolute atomic E-state index is 13.2. The average Bonchev–Trinajstić information content (AvgIpc) is 3.04. The van der Waals surface area contributed by atoms with Crippen molar-refractivity contribution in [2.45, 2.75) is 108 Å². The quantitative estimate of drug-likeness (QED) is 0.338. The fraction of sp³-hybridized carbons (Fsp3) is 0.735. The van der Waals surface area contributed by atoms with E-state index in [1.54, 1.807) is 0 Å². The molecule has 1 saturated heterocycles. The van der Waals surface area contributed by atoms with Crippen LogP contribution in [-0.2, 0) is 26.2 Å². The Balaban J connectivity index is 0.988. The van der Waals surface area contributed by atoms with Crippen molar-refractivity contribution in [3.05, 3.63) is 24.5 Å². The summed E-state index contributed by atoms with van der Waals surface area (Å²) in [5.41, 5.74) is 0.804. The zero-order valence-electron chi connectivity index (χ0n) is 26.7. The summed E-state index contributed by atoms with van der Waals surface area (Å²) < 4.78 is 1.93. The van der Waals surface area contributed by atoms with Gasteiger partial charge in [0.25, 0.3) is 0 Å². The van der Waals surface area contributed by atoms with Gasteiger partial charge in [-0.25, -0.2) is 4.57 Å². The molecule has 10 nitrogen and oxygen atoms in total. The number of piperidine rings is 1. The highest BCUT2D eigenvalue weighted by Crippen LogP contribution is 2.32. The van der Waals surface area contributed by atoms with E-state index in [1.165, 1.54) is 0 Å². The van der Waals surface area contributed by atoms with Crippen LogP contribution in [0.25, 0.3) is 0 Å². The van der Waals surface area contributed by atoms with E-state index in [-0.39, 0.29) is 65.4 Å². The summed E-state index contributed by atoms with van der Waals surface area (Å²) in [5, 5.41) is 12.8. The number of aromatic nitrogens is 1. The Hall–Kier alpha value is -3.01. The first-order valence-electron chi connectivity index (χ1n) is 17.1. The Bertz CT molecular complexity index is 1130. The van der Waals surface area contributed by atoms with Crippen molar-refractivity contribution in [3.8, 4) is 0 Å². The van der Waals surface area contributed by atoms with E-state index in [0.29, 0.717) is 6.42 Å². The minimum Gasteiger partial charge on any atom is -0.353 e. The Morgan fingerprint density at radius 1 is 0.614 bits per heavy atom. The largest absolute Gasteiger partial charge is 0.353 e. The SMILES string of the molecule is CN1CCC(NC(=O)C2CCC(NC(=O)C3CCCC(C(=O)NC4CCC(C(=O)Nc5cc[n+](C)cc5)CC4)C3)CC2)CC1. The number of anilines is 1. The van der Waals surface area contributed by atoms with Crippen LogP contribution in [0, 0.1) is 23.7 Å². The third-order valence-corrected chi connectivity index (χ3v) is 10.6. The molecule has 2 unspecified atom stereocenters. The van der Waals surface area contributed by atoms with Crippen LogP contribution < -0.4 is 25.8 Å². The van der Waals surface area contributed by atoms with Crippen LogP contribution in [0.1, 0.15) is 89.9 Å². The van der Waals surface area contributed by atoms with Crippen LogP contribution in [0.4, 0.5) is 5.69 Å². The summed E-state index contributed by atoms with van der Waals surface area (Å²) in [6, 6.07) is 4.28. The van der Waals surface area contributed by atoms with E-state index in [4.69, 9.17) is 0 Å². The van der Waals surface area contributed by atoms with Crippen molar-refractivity contribution in [2.24, 2.45) is 30.7 Å². The second kappa shape index (κ2) is 15.3. The van der Waals surface area contributed by atoms with Gasteiger partial charge < -0.3 is 26.2 Å². The van der Waals surface area contributed by atoms with Gasteiger partial charge in [-0.2, -0.15) is 0 Å². The van der Waals surface area contributed by atoms with Crippen LogP contribution in [0.5, 0.6) is 0 Å². The summed E-state index contributed by atoms with van der Waals surface area (Å²) in [5.74, 6) is 0.0939. The smallest absolute Gasteiger partial charge is 0.227 e. The van der Waals surface area contributed by atoms with Crippen molar-refractivity contribution in [3.63, 3.8) is 0 Å². The number of likely N-dealkylation sites (tertiary alicyclic amines) is 1. The molecule has 10 heteroatoms. The number of amides is 4. The molecule has 4 fully saturated rings. The monoisotopic (exact) mass is 609 g/mol. The van der Waals surface area contributed by atoms with Crippen LogP contribution >= 0.6 is 0 Å². The van der Waals surface area contributed by atoms with Crippen molar-refractivity contribution in [2.75, 3.05) is 25.5 Å². The van der Waals surface area contributed by atoms with Gasteiger partial charge in [0.15, 0.2) is 12.4 Å². The van der Waals surface area contributed by atoms with Crippen LogP contribution in [0.2, 0.25) is 0 Å². The number of nitrogens with one attached hydrogen (secondary N) is 4. The van der Waals surface area contributed by atoms with Gasteiger partial charge in [0.05, 0.1) is 5.69 Å². The van der Waals surface area contributed by atoms with Gasteiger partial charge in [0, 0.05) is 53.9 Å². The van der Waals surface area contributed by atoms with E-state index in [2.05, 4.69) is 33.2 Å². The van der Waals surface area contributed by atoms with Gasteiger partial charge in [-0.3, -0.25) is 19.2 Å². The summed E-state index contributed by atoms with van der Waals surface area (Å²) in [7, 11) is 4.06. The maximum Gasteiger partial charge on any atom is 0.227 e. The van der Waals surface area contributed by atoms with Crippen molar-refractivity contribution < 1.29 is 23.7 Å². The molecule has 0 bridgehead atoms.